The van der Waals surface area contributed by atoms with Gasteiger partial charge in [0.15, 0.2) is 0 Å². The van der Waals surface area contributed by atoms with Crippen molar-refractivity contribution in [2.45, 2.75) is 6.54 Å². The van der Waals surface area contributed by atoms with E-state index in [2.05, 4.69) is 16.0 Å². The van der Waals surface area contributed by atoms with E-state index >= 15 is 0 Å². The summed E-state index contributed by atoms with van der Waals surface area (Å²) in [4.78, 5) is 0. The highest BCUT2D eigenvalue weighted by Gasteiger charge is 2.04. The van der Waals surface area contributed by atoms with Crippen molar-refractivity contribution >= 4 is 17.3 Å². The number of hydrogen-bond acceptors (Lipinski definition) is 2. The third kappa shape index (κ3) is 2.74. The van der Waals surface area contributed by atoms with Gasteiger partial charge < -0.3 is 14.6 Å². The normalized spacial score (nSPS) is 10.3. The summed E-state index contributed by atoms with van der Waals surface area (Å²) < 4.78 is 7.35. The first-order valence-electron chi connectivity index (χ1n) is 5.38. The van der Waals surface area contributed by atoms with E-state index in [1.165, 1.54) is 5.69 Å². The molecule has 0 atom stereocenters. The first-order chi connectivity index (χ1) is 8.20. The van der Waals surface area contributed by atoms with E-state index in [0.29, 0.717) is 5.02 Å². The standard InChI is InChI=1S/C13H15ClN2O/c1-16-7-3-4-11(16)9-15-12-8-10(14)5-6-13(12)17-2/h3-8,15H,9H2,1-2H3. The number of ether oxygens (including phenoxy) is 1. The van der Waals surface area contributed by atoms with Gasteiger partial charge >= 0.3 is 0 Å². The quantitative estimate of drug-likeness (QED) is 0.901. The van der Waals surface area contributed by atoms with E-state index < -0.39 is 0 Å². The van der Waals surface area contributed by atoms with E-state index in [9.17, 15) is 0 Å². The van der Waals surface area contributed by atoms with Crippen LogP contribution < -0.4 is 10.1 Å². The molecule has 0 aliphatic carbocycles. The van der Waals surface area contributed by atoms with Gasteiger partial charge in [0.05, 0.1) is 19.3 Å². The van der Waals surface area contributed by atoms with Gasteiger partial charge in [-0.05, 0) is 30.3 Å². The number of anilines is 1. The number of aromatic nitrogens is 1. The second-order valence-electron chi connectivity index (χ2n) is 3.81. The summed E-state index contributed by atoms with van der Waals surface area (Å²) in [6, 6.07) is 9.63. The summed E-state index contributed by atoms with van der Waals surface area (Å²) in [5.74, 6) is 0.795. The van der Waals surface area contributed by atoms with Gasteiger partial charge in [-0.1, -0.05) is 11.6 Å². The second kappa shape index (κ2) is 5.15. The van der Waals surface area contributed by atoms with Crippen LogP contribution in [0.3, 0.4) is 0 Å². The maximum atomic E-state index is 5.96. The molecule has 0 amide bonds. The van der Waals surface area contributed by atoms with Crippen LogP contribution >= 0.6 is 11.6 Å². The Hall–Kier alpha value is -1.61. The second-order valence-corrected chi connectivity index (χ2v) is 4.25. The minimum atomic E-state index is 0.695. The van der Waals surface area contributed by atoms with Gasteiger partial charge in [0.25, 0.3) is 0 Å². The van der Waals surface area contributed by atoms with Crippen LogP contribution in [-0.4, -0.2) is 11.7 Å². The summed E-state index contributed by atoms with van der Waals surface area (Å²) in [7, 11) is 3.67. The first-order valence-corrected chi connectivity index (χ1v) is 5.76. The van der Waals surface area contributed by atoms with E-state index in [1.807, 2.05) is 37.5 Å². The molecule has 0 saturated carbocycles. The van der Waals surface area contributed by atoms with Crippen molar-refractivity contribution in [2.75, 3.05) is 12.4 Å². The molecular weight excluding hydrogens is 236 g/mol. The molecule has 0 bridgehead atoms. The Morgan fingerprint density at radius 1 is 1.35 bits per heavy atom. The number of nitrogens with one attached hydrogen (secondary N) is 1. The van der Waals surface area contributed by atoms with Gasteiger partial charge in [0.1, 0.15) is 5.75 Å². The molecule has 0 unspecified atom stereocenters. The molecule has 0 radical (unpaired) electrons. The largest absolute Gasteiger partial charge is 0.495 e. The van der Waals surface area contributed by atoms with Crippen LogP contribution in [0.5, 0.6) is 5.75 Å². The summed E-state index contributed by atoms with van der Waals surface area (Å²) in [6.45, 7) is 0.736. The molecule has 0 aliphatic rings. The number of hydrogen-bond donors (Lipinski definition) is 1. The van der Waals surface area contributed by atoms with E-state index in [-0.39, 0.29) is 0 Å². The van der Waals surface area contributed by atoms with Crippen LogP contribution in [0, 0.1) is 0 Å². The van der Waals surface area contributed by atoms with Gasteiger partial charge in [-0.3, -0.25) is 0 Å². The van der Waals surface area contributed by atoms with Crippen molar-refractivity contribution in [2.24, 2.45) is 7.05 Å². The molecule has 1 aromatic carbocycles. The average molecular weight is 251 g/mol. The molecule has 3 nitrogen and oxygen atoms in total. The van der Waals surface area contributed by atoms with Crippen LogP contribution in [0.1, 0.15) is 5.69 Å². The van der Waals surface area contributed by atoms with Crippen molar-refractivity contribution < 1.29 is 4.74 Å². The van der Waals surface area contributed by atoms with Crippen molar-refractivity contribution in [3.8, 4) is 5.75 Å². The van der Waals surface area contributed by atoms with E-state index in [4.69, 9.17) is 16.3 Å². The Morgan fingerprint density at radius 3 is 2.82 bits per heavy atom. The third-order valence-corrected chi connectivity index (χ3v) is 2.91. The van der Waals surface area contributed by atoms with Crippen molar-refractivity contribution in [1.29, 1.82) is 0 Å². The van der Waals surface area contributed by atoms with Crippen molar-refractivity contribution in [3.63, 3.8) is 0 Å². The molecule has 1 heterocycles. The molecular formula is C13H15ClN2O. The summed E-state index contributed by atoms with van der Waals surface area (Å²) >= 11 is 5.96. The molecule has 90 valence electrons. The number of methoxy groups -OCH3 is 1. The lowest BCUT2D eigenvalue weighted by molar-refractivity contribution is 0.416. The predicted octanol–water partition coefficient (Wildman–Crippen LogP) is 3.30. The molecule has 0 aliphatic heterocycles. The van der Waals surface area contributed by atoms with Crippen LogP contribution in [0.2, 0.25) is 5.02 Å². The fourth-order valence-electron chi connectivity index (χ4n) is 1.68. The molecule has 4 heteroatoms. The minimum absolute atomic E-state index is 0.695. The summed E-state index contributed by atoms with van der Waals surface area (Å²) in [5.41, 5.74) is 2.10. The highest BCUT2D eigenvalue weighted by Crippen LogP contribution is 2.27. The van der Waals surface area contributed by atoms with Crippen LogP contribution in [-0.2, 0) is 13.6 Å². The van der Waals surface area contributed by atoms with Gasteiger partial charge in [-0.2, -0.15) is 0 Å². The Bertz CT molecular complexity index is 508. The monoisotopic (exact) mass is 250 g/mol. The fourth-order valence-corrected chi connectivity index (χ4v) is 1.86. The SMILES string of the molecule is COc1ccc(Cl)cc1NCc1cccn1C. The Kier molecular flexibility index (Phi) is 3.59. The Morgan fingerprint density at radius 2 is 2.18 bits per heavy atom. The molecule has 0 fully saturated rings. The van der Waals surface area contributed by atoms with Crippen LogP contribution in [0.4, 0.5) is 5.69 Å². The number of aryl methyl sites for hydroxylation is 1. The molecule has 1 aromatic heterocycles. The zero-order chi connectivity index (χ0) is 12.3. The molecule has 0 spiro atoms. The zero-order valence-corrected chi connectivity index (χ0v) is 10.7. The third-order valence-electron chi connectivity index (χ3n) is 2.67. The number of benzene rings is 1. The highest BCUT2D eigenvalue weighted by molar-refractivity contribution is 6.30. The number of nitrogens with zero attached hydrogens (tertiary/aromatic N) is 1. The van der Waals surface area contributed by atoms with Crippen molar-refractivity contribution in [3.05, 3.63) is 47.2 Å². The number of rotatable bonds is 4. The maximum Gasteiger partial charge on any atom is 0.142 e. The van der Waals surface area contributed by atoms with E-state index in [1.54, 1.807) is 7.11 Å². The smallest absolute Gasteiger partial charge is 0.142 e. The fraction of sp³-hybridized carbons (Fsp3) is 0.231. The number of halogens is 1. The zero-order valence-electron chi connectivity index (χ0n) is 9.90. The summed E-state index contributed by atoms with van der Waals surface area (Å²) in [6.07, 6.45) is 2.02. The molecule has 17 heavy (non-hydrogen) atoms. The predicted molar refractivity (Wildman–Crippen MR) is 70.7 cm³/mol. The topological polar surface area (TPSA) is 26.2 Å². The van der Waals surface area contributed by atoms with Crippen LogP contribution in [0.25, 0.3) is 0 Å². The Balaban J connectivity index is 2.13. The van der Waals surface area contributed by atoms with Gasteiger partial charge in [0.2, 0.25) is 0 Å². The van der Waals surface area contributed by atoms with Crippen molar-refractivity contribution in [1.82, 2.24) is 4.57 Å². The van der Waals surface area contributed by atoms with Gasteiger partial charge in [0, 0.05) is 24.0 Å². The summed E-state index contributed by atoms with van der Waals surface area (Å²) in [5, 5.41) is 4.01. The molecule has 2 rings (SSSR count). The van der Waals surface area contributed by atoms with E-state index in [0.717, 1.165) is 18.0 Å². The Labute approximate surface area is 106 Å². The lowest BCUT2D eigenvalue weighted by Gasteiger charge is -2.12. The molecule has 2 aromatic rings. The lowest BCUT2D eigenvalue weighted by atomic mass is 10.3. The average Bonchev–Trinajstić information content (AvgIpc) is 2.72. The van der Waals surface area contributed by atoms with Gasteiger partial charge in [-0.15, -0.1) is 0 Å². The van der Waals surface area contributed by atoms with Gasteiger partial charge in [-0.25, -0.2) is 0 Å². The molecule has 0 saturated heterocycles. The minimum Gasteiger partial charge on any atom is -0.495 e. The first kappa shape index (κ1) is 11.9. The highest BCUT2D eigenvalue weighted by atomic mass is 35.5. The van der Waals surface area contributed by atoms with Crippen LogP contribution in [0.15, 0.2) is 36.5 Å². The maximum absolute atomic E-state index is 5.96. The molecule has 1 N–H and O–H groups in total. The lowest BCUT2D eigenvalue weighted by Crippen LogP contribution is -2.05.